The van der Waals surface area contributed by atoms with Crippen LogP contribution in [0.3, 0.4) is 0 Å². The minimum atomic E-state index is -4.11. The van der Waals surface area contributed by atoms with Gasteiger partial charge in [-0.1, -0.05) is 36.4 Å². The van der Waals surface area contributed by atoms with E-state index < -0.39 is 28.5 Å². The Kier molecular flexibility index (Phi) is 8.01. The number of anilines is 1. The topological polar surface area (TPSA) is 94.2 Å². The lowest BCUT2D eigenvalue weighted by molar-refractivity contribution is -0.120. The van der Waals surface area contributed by atoms with Crippen LogP contribution in [0.25, 0.3) is 0 Å². The van der Waals surface area contributed by atoms with Crippen molar-refractivity contribution in [1.82, 2.24) is 5.32 Å². The zero-order chi connectivity index (χ0) is 24.7. The number of methoxy groups -OCH3 is 3. The summed E-state index contributed by atoms with van der Waals surface area (Å²) in [6, 6.07) is 19.6. The Bertz CT molecular complexity index is 1230. The van der Waals surface area contributed by atoms with E-state index in [1.54, 1.807) is 50.4 Å². The van der Waals surface area contributed by atoms with E-state index in [1.807, 2.05) is 18.2 Å². The highest BCUT2D eigenvalue weighted by Crippen LogP contribution is 2.35. The molecule has 1 atom stereocenters. The Labute approximate surface area is 200 Å². The van der Waals surface area contributed by atoms with E-state index >= 15 is 0 Å². The standard InChI is InChI=1S/C25H28N2O6S/c1-18(21-12-8-9-13-23(21)32-3)26-25(28)17-27(34(29,30)20-10-6-5-7-11-20)22-16-19(31-2)14-15-24(22)33-4/h5-16,18H,17H2,1-4H3,(H,26,28). The lowest BCUT2D eigenvalue weighted by Gasteiger charge is -2.27. The van der Waals surface area contributed by atoms with Crippen molar-refractivity contribution >= 4 is 21.6 Å². The first-order valence-electron chi connectivity index (χ1n) is 10.5. The third-order valence-corrected chi connectivity index (χ3v) is 7.03. The van der Waals surface area contributed by atoms with Crippen LogP contribution in [0.4, 0.5) is 5.69 Å². The van der Waals surface area contributed by atoms with Gasteiger partial charge in [0.05, 0.1) is 38.0 Å². The maximum atomic E-state index is 13.6. The van der Waals surface area contributed by atoms with Crippen molar-refractivity contribution in [2.75, 3.05) is 32.2 Å². The molecule has 3 rings (SSSR count). The Hall–Kier alpha value is -3.72. The molecule has 1 N–H and O–H groups in total. The average molecular weight is 485 g/mol. The van der Waals surface area contributed by atoms with Crippen LogP contribution in [0, 0.1) is 0 Å². The summed E-state index contributed by atoms with van der Waals surface area (Å²) in [6.45, 7) is 1.33. The van der Waals surface area contributed by atoms with Crippen LogP contribution in [0.1, 0.15) is 18.5 Å². The highest BCUT2D eigenvalue weighted by atomic mass is 32.2. The van der Waals surface area contributed by atoms with Gasteiger partial charge in [0.15, 0.2) is 0 Å². The summed E-state index contributed by atoms with van der Waals surface area (Å²) in [5.74, 6) is 0.832. The van der Waals surface area contributed by atoms with E-state index in [-0.39, 0.29) is 16.3 Å². The number of hydrogen-bond acceptors (Lipinski definition) is 6. The molecule has 0 saturated carbocycles. The fourth-order valence-electron chi connectivity index (χ4n) is 3.53. The van der Waals surface area contributed by atoms with Gasteiger partial charge in [-0.3, -0.25) is 9.10 Å². The average Bonchev–Trinajstić information content (AvgIpc) is 2.87. The van der Waals surface area contributed by atoms with Gasteiger partial charge in [-0.05, 0) is 37.3 Å². The molecule has 0 aliphatic rings. The number of amides is 1. The van der Waals surface area contributed by atoms with Crippen LogP contribution >= 0.6 is 0 Å². The van der Waals surface area contributed by atoms with Crippen molar-refractivity contribution < 1.29 is 27.4 Å². The zero-order valence-electron chi connectivity index (χ0n) is 19.5. The maximum Gasteiger partial charge on any atom is 0.264 e. The molecule has 34 heavy (non-hydrogen) atoms. The lowest BCUT2D eigenvalue weighted by Crippen LogP contribution is -2.41. The number of nitrogens with one attached hydrogen (secondary N) is 1. The third-order valence-electron chi connectivity index (χ3n) is 5.26. The van der Waals surface area contributed by atoms with Gasteiger partial charge in [-0.15, -0.1) is 0 Å². The number of nitrogens with zero attached hydrogens (tertiary/aromatic N) is 1. The summed E-state index contributed by atoms with van der Waals surface area (Å²) in [7, 11) is 0.353. The third kappa shape index (κ3) is 5.43. The number of carbonyl (C=O) groups excluding carboxylic acids is 1. The van der Waals surface area contributed by atoms with Crippen molar-refractivity contribution in [1.29, 1.82) is 0 Å². The first-order valence-corrected chi connectivity index (χ1v) is 12.0. The van der Waals surface area contributed by atoms with E-state index in [1.165, 1.54) is 32.4 Å². The van der Waals surface area contributed by atoms with Crippen LogP contribution < -0.4 is 23.8 Å². The van der Waals surface area contributed by atoms with Crippen LogP contribution in [-0.2, 0) is 14.8 Å². The molecule has 9 heteroatoms. The summed E-state index contributed by atoms with van der Waals surface area (Å²) in [5.41, 5.74) is 0.959. The number of para-hydroxylation sites is 1. The second-order valence-electron chi connectivity index (χ2n) is 7.39. The molecule has 0 aliphatic heterocycles. The molecular formula is C25H28N2O6S. The number of carbonyl (C=O) groups is 1. The van der Waals surface area contributed by atoms with Gasteiger partial charge < -0.3 is 19.5 Å². The fourth-order valence-corrected chi connectivity index (χ4v) is 4.97. The van der Waals surface area contributed by atoms with Gasteiger partial charge >= 0.3 is 0 Å². The molecule has 0 radical (unpaired) electrons. The molecular weight excluding hydrogens is 456 g/mol. The number of benzene rings is 3. The maximum absolute atomic E-state index is 13.6. The van der Waals surface area contributed by atoms with Crippen molar-refractivity contribution in [2.24, 2.45) is 0 Å². The van der Waals surface area contributed by atoms with E-state index in [0.29, 0.717) is 11.5 Å². The van der Waals surface area contributed by atoms with Crippen molar-refractivity contribution in [3.63, 3.8) is 0 Å². The van der Waals surface area contributed by atoms with E-state index in [4.69, 9.17) is 14.2 Å². The van der Waals surface area contributed by atoms with Crippen LogP contribution in [0.5, 0.6) is 17.2 Å². The van der Waals surface area contributed by atoms with E-state index in [9.17, 15) is 13.2 Å². The Morgan fingerprint density at radius 1 is 0.882 bits per heavy atom. The smallest absolute Gasteiger partial charge is 0.264 e. The van der Waals surface area contributed by atoms with Gasteiger partial charge in [-0.25, -0.2) is 8.42 Å². The lowest BCUT2D eigenvalue weighted by atomic mass is 10.1. The molecule has 0 aliphatic carbocycles. The van der Waals surface area contributed by atoms with Crippen LogP contribution in [-0.4, -0.2) is 42.2 Å². The minimum absolute atomic E-state index is 0.0467. The molecule has 0 heterocycles. The first kappa shape index (κ1) is 24.9. The van der Waals surface area contributed by atoms with Crippen molar-refractivity contribution in [2.45, 2.75) is 17.9 Å². The highest BCUT2D eigenvalue weighted by molar-refractivity contribution is 7.92. The SMILES string of the molecule is COc1ccc(OC)c(N(CC(=O)NC(C)c2ccccc2OC)S(=O)(=O)c2ccccc2)c1. The second kappa shape index (κ2) is 10.9. The molecule has 0 spiro atoms. The van der Waals surface area contributed by atoms with Gasteiger partial charge in [0.2, 0.25) is 5.91 Å². The number of rotatable bonds is 10. The molecule has 180 valence electrons. The zero-order valence-corrected chi connectivity index (χ0v) is 20.3. The number of hydrogen-bond donors (Lipinski definition) is 1. The highest BCUT2D eigenvalue weighted by Gasteiger charge is 2.30. The summed E-state index contributed by atoms with van der Waals surface area (Å²) in [6.07, 6.45) is 0. The predicted molar refractivity (Wildman–Crippen MR) is 130 cm³/mol. The molecule has 0 bridgehead atoms. The quantitative estimate of drug-likeness (QED) is 0.471. The number of ether oxygens (including phenoxy) is 3. The van der Waals surface area contributed by atoms with Crippen molar-refractivity contribution in [3.8, 4) is 17.2 Å². The first-order chi connectivity index (χ1) is 16.3. The van der Waals surface area contributed by atoms with Gasteiger partial charge in [0.1, 0.15) is 23.8 Å². The van der Waals surface area contributed by atoms with E-state index in [0.717, 1.165) is 9.87 Å². The Balaban J connectivity index is 1.99. The molecule has 1 unspecified atom stereocenters. The van der Waals surface area contributed by atoms with E-state index in [2.05, 4.69) is 5.32 Å². The monoisotopic (exact) mass is 484 g/mol. The normalized spacial score (nSPS) is 11.9. The summed E-state index contributed by atoms with van der Waals surface area (Å²) in [4.78, 5) is 13.2. The van der Waals surface area contributed by atoms with Crippen LogP contribution in [0.2, 0.25) is 0 Å². The van der Waals surface area contributed by atoms with Crippen LogP contribution in [0.15, 0.2) is 77.7 Å². The van der Waals surface area contributed by atoms with Gasteiger partial charge in [0.25, 0.3) is 10.0 Å². The molecule has 1 amide bonds. The van der Waals surface area contributed by atoms with Gasteiger partial charge in [0, 0.05) is 11.6 Å². The summed E-state index contributed by atoms with van der Waals surface area (Å²) in [5, 5.41) is 2.86. The predicted octanol–water partition coefficient (Wildman–Crippen LogP) is 3.79. The van der Waals surface area contributed by atoms with Crippen molar-refractivity contribution in [3.05, 3.63) is 78.4 Å². The molecule has 3 aromatic carbocycles. The summed E-state index contributed by atoms with van der Waals surface area (Å²) < 4.78 is 44.3. The molecule has 0 aromatic heterocycles. The molecule has 0 fully saturated rings. The molecule has 0 saturated heterocycles. The molecule has 8 nitrogen and oxygen atoms in total. The fraction of sp³-hybridized carbons (Fsp3) is 0.240. The number of sulfonamides is 1. The van der Waals surface area contributed by atoms with Gasteiger partial charge in [-0.2, -0.15) is 0 Å². The largest absolute Gasteiger partial charge is 0.497 e. The minimum Gasteiger partial charge on any atom is -0.497 e. The second-order valence-corrected chi connectivity index (χ2v) is 9.26. The molecule has 3 aromatic rings. The Morgan fingerprint density at radius 3 is 2.18 bits per heavy atom. The Morgan fingerprint density at radius 2 is 1.53 bits per heavy atom. The summed E-state index contributed by atoms with van der Waals surface area (Å²) >= 11 is 0.